The summed E-state index contributed by atoms with van der Waals surface area (Å²) < 4.78 is 0. The third-order valence-corrected chi connectivity index (χ3v) is 9.15. The summed E-state index contributed by atoms with van der Waals surface area (Å²) in [6.45, 7) is 4.43. The van der Waals surface area contributed by atoms with Crippen molar-refractivity contribution in [3.05, 3.63) is 132 Å². The Hall–Kier alpha value is -2.17. The molecule has 0 bridgehead atoms. The van der Waals surface area contributed by atoms with E-state index in [0.29, 0.717) is 0 Å². The summed E-state index contributed by atoms with van der Waals surface area (Å²) in [6, 6.07) is 43.3. The fourth-order valence-electron chi connectivity index (χ4n) is 4.40. The van der Waals surface area contributed by atoms with Crippen molar-refractivity contribution >= 4 is 59.9 Å². The molecule has 3 heteroatoms. The van der Waals surface area contributed by atoms with E-state index in [4.69, 9.17) is 0 Å². The number of hydrogen-bond acceptors (Lipinski definition) is 0. The molecule has 0 aliphatic rings. The molecule has 0 saturated heterocycles. The molecule has 172 valence electrons. The average Bonchev–Trinajstić information content (AvgIpc) is 3.36. The molecular formula is C32H28HfP2-2. The molecule has 0 aliphatic carbocycles. The second-order valence-corrected chi connectivity index (χ2v) is 11.2. The van der Waals surface area contributed by atoms with Crippen LogP contribution in [0.4, 0.5) is 0 Å². The van der Waals surface area contributed by atoms with Gasteiger partial charge in [0.2, 0.25) is 0 Å². The van der Waals surface area contributed by atoms with Crippen LogP contribution in [0.3, 0.4) is 0 Å². The second kappa shape index (κ2) is 12.2. The standard InChI is InChI=1S/2C16H14P.Hf/c2*1-12-11-13-7-5-6-10-15(13)16(12)17-14-8-3-2-4-9-14;/h2*2-11,17H,1H3;/q2*-1;. The van der Waals surface area contributed by atoms with Crippen LogP contribution in [0.1, 0.15) is 11.1 Å². The molecule has 0 saturated carbocycles. The van der Waals surface area contributed by atoms with Crippen LogP contribution in [-0.2, 0) is 25.8 Å². The molecule has 0 radical (unpaired) electrons. The van der Waals surface area contributed by atoms with E-state index < -0.39 is 0 Å². The number of benzene rings is 4. The molecule has 0 spiro atoms. The summed E-state index contributed by atoms with van der Waals surface area (Å²) >= 11 is 0. The Balaban J connectivity index is 0.000000160. The van der Waals surface area contributed by atoms with E-state index >= 15 is 0 Å². The number of aryl methyl sites for hydroxylation is 2. The summed E-state index contributed by atoms with van der Waals surface area (Å²) in [6.07, 6.45) is 0. The smallest absolute Gasteiger partial charge is 0 e. The van der Waals surface area contributed by atoms with Crippen molar-refractivity contribution in [2.45, 2.75) is 13.8 Å². The third-order valence-electron chi connectivity index (χ3n) is 6.08. The van der Waals surface area contributed by atoms with E-state index in [-0.39, 0.29) is 25.8 Å². The molecule has 35 heavy (non-hydrogen) atoms. The molecule has 0 N–H and O–H groups in total. The monoisotopic (exact) mass is 654 g/mol. The molecule has 0 aromatic heterocycles. The predicted molar refractivity (Wildman–Crippen MR) is 157 cm³/mol. The Morgan fingerprint density at radius 2 is 0.800 bits per heavy atom. The Kier molecular flexibility index (Phi) is 9.02. The molecule has 0 heterocycles. The van der Waals surface area contributed by atoms with Crippen molar-refractivity contribution in [2.24, 2.45) is 0 Å². The van der Waals surface area contributed by atoms with Gasteiger partial charge in [-0.05, 0) is 10.6 Å². The first-order valence-corrected chi connectivity index (χ1v) is 13.6. The van der Waals surface area contributed by atoms with Crippen molar-refractivity contribution in [3.63, 3.8) is 0 Å². The zero-order chi connectivity index (χ0) is 23.3. The van der Waals surface area contributed by atoms with Crippen LogP contribution in [-0.4, -0.2) is 0 Å². The van der Waals surface area contributed by atoms with Gasteiger partial charge in [0, 0.05) is 25.8 Å². The SMILES string of the molecule is Cc1[cH-]c2ccccc2c1Pc1ccccc1.Cc1[cH-]c2ccccc2c1Pc1ccccc1.[Hf]. The summed E-state index contributed by atoms with van der Waals surface area (Å²) in [5.41, 5.74) is 2.82. The van der Waals surface area contributed by atoms with Crippen molar-refractivity contribution in [1.29, 1.82) is 0 Å². The van der Waals surface area contributed by atoms with Crippen LogP contribution in [0.25, 0.3) is 21.5 Å². The largest absolute Gasteiger partial charge is 0.149 e. The van der Waals surface area contributed by atoms with Gasteiger partial charge in [0.15, 0.2) is 0 Å². The van der Waals surface area contributed by atoms with Crippen LogP contribution in [0.2, 0.25) is 0 Å². The van der Waals surface area contributed by atoms with Gasteiger partial charge in [-0.25, -0.2) is 0 Å². The van der Waals surface area contributed by atoms with Crippen LogP contribution < -0.4 is 21.2 Å². The summed E-state index contributed by atoms with van der Waals surface area (Å²) in [5, 5.41) is 11.4. The second-order valence-electron chi connectivity index (χ2n) is 8.56. The molecule has 0 fully saturated rings. The average molecular weight is 653 g/mol. The molecular weight excluding hydrogens is 625 g/mol. The molecule has 6 aromatic rings. The quantitative estimate of drug-likeness (QED) is 0.109. The third kappa shape index (κ3) is 6.16. The van der Waals surface area contributed by atoms with Crippen LogP contribution in [0.15, 0.2) is 121 Å². The fraction of sp³-hybridized carbons (Fsp3) is 0.0625. The van der Waals surface area contributed by atoms with Gasteiger partial charge in [0.1, 0.15) is 0 Å². The molecule has 0 amide bonds. The van der Waals surface area contributed by atoms with Gasteiger partial charge in [-0.1, -0.05) is 86.6 Å². The topological polar surface area (TPSA) is 0 Å². The molecule has 0 aliphatic heterocycles. The number of rotatable bonds is 4. The maximum absolute atomic E-state index is 2.29. The minimum Gasteiger partial charge on any atom is -0.149 e. The maximum Gasteiger partial charge on any atom is 0 e. The Labute approximate surface area is 230 Å². The van der Waals surface area contributed by atoms with E-state index in [1.807, 2.05) is 0 Å². The molecule has 2 atom stereocenters. The minimum absolute atomic E-state index is 0. The Bertz CT molecular complexity index is 1390. The van der Waals surface area contributed by atoms with E-state index in [1.165, 1.54) is 53.9 Å². The van der Waals surface area contributed by atoms with Gasteiger partial charge in [-0.15, -0.1) is 109 Å². The molecule has 0 nitrogen and oxygen atoms in total. The van der Waals surface area contributed by atoms with E-state index in [9.17, 15) is 0 Å². The first-order chi connectivity index (χ1) is 16.7. The van der Waals surface area contributed by atoms with Crippen LogP contribution in [0.5, 0.6) is 0 Å². The number of fused-ring (bicyclic) bond motifs is 2. The van der Waals surface area contributed by atoms with Gasteiger partial charge in [-0.3, -0.25) is 0 Å². The van der Waals surface area contributed by atoms with Crippen molar-refractivity contribution in [3.8, 4) is 0 Å². The predicted octanol–water partition coefficient (Wildman–Crippen LogP) is 6.99. The normalized spacial score (nSPS) is 11.3. The molecule has 6 rings (SSSR count). The Morgan fingerprint density at radius 1 is 0.457 bits per heavy atom. The summed E-state index contributed by atoms with van der Waals surface area (Å²) in [4.78, 5) is 0. The zero-order valence-corrected chi connectivity index (χ0v) is 25.6. The van der Waals surface area contributed by atoms with Crippen LogP contribution >= 0.6 is 17.2 Å². The molecule has 2 unspecified atom stereocenters. The van der Waals surface area contributed by atoms with Crippen LogP contribution in [0, 0.1) is 13.8 Å². The minimum atomic E-state index is 0. The van der Waals surface area contributed by atoms with Gasteiger partial charge in [0.05, 0.1) is 0 Å². The summed E-state index contributed by atoms with van der Waals surface area (Å²) in [7, 11) is 1.51. The van der Waals surface area contributed by atoms with Gasteiger partial charge in [-0.2, -0.15) is 0 Å². The van der Waals surface area contributed by atoms with E-state index in [0.717, 1.165) is 17.2 Å². The van der Waals surface area contributed by atoms with E-state index in [2.05, 4.69) is 135 Å². The maximum atomic E-state index is 2.29. The first-order valence-electron chi connectivity index (χ1n) is 11.6. The fourth-order valence-corrected chi connectivity index (χ4v) is 6.96. The number of hydrogen-bond donors (Lipinski definition) is 0. The van der Waals surface area contributed by atoms with E-state index in [1.54, 1.807) is 0 Å². The first kappa shape index (κ1) is 25.9. The van der Waals surface area contributed by atoms with Crippen molar-refractivity contribution in [2.75, 3.05) is 0 Å². The van der Waals surface area contributed by atoms with Crippen molar-refractivity contribution in [1.82, 2.24) is 0 Å². The Morgan fingerprint density at radius 3 is 1.20 bits per heavy atom. The molecule has 6 aromatic carbocycles. The van der Waals surface area contributed by atoms with Gasteiger partial charge < -0.3 is 0 Å². The summed E-state index contributed by atoms with van der Waals surface area (Å²) in [5.74, 6) is 0. The van der Waals surface area contributed by atoms with Gasteiger partial charge in [0.25, 0.3) is 0 Å². The zero-order valence-electron chi connectivity index (χ0n) is 20.0. The van der Waals surface area contributed by atoms with Gasteiger partial charge >= 0.3 is 0 Å². The van der Waals surface area contributed by atoms with Crippen molar-refractivity contribution < 1.29 is 25.8 Å².